The first kappa shape index (κ1) is 42.1. The van der Waals surface area contributed by atoms with Gasteiger partial charge in [0, 0.05) is 37.1 Å². The van der Waals surface area contributed by atoms with Crippen LogP contribution in [0.3, 0.4) is 0 Å². The molecule has 2 aromatic rings. The summed E-state index contributed by atoms with van der Waals surface area (Å²) in [6, 6.07) is 12.0. The molecule has 2 fully saturated rings. The number of hydrogen-bond donors (Lipinski definition) is 0. The Hall–Kier alpha value is -3.56. The van der Waals surface area contributed by atoms with Gasteiger partial charge in [0.25, 0.3) is 7.73 Å². The topological polar surface area (TPSA) is 143 Å². The summed E-state index contributed by atoms with van der Waals surface area (Å²) >= 11 is 6.26. The number of likely N-dealkylation sites (tertiary alicyclic amines) is 2. The monoisotopic (exact) mass is 812 g/mol. The molecule has 56 heavy (non-hydrogen) atoms. The van der Waals surface area contributed by atoms with Crippen molar-refractivity contribution in [1.82, 2.24) is 9.80 Å². The third kappa shape index (κ3) is 9.75. The van der Waals surface area contributed by atoms with Crippen molar-refractivity contribution in [3.63, 3.8) is 0 Å². The molecule has 2 saturated heterocycles. The number of rotatable bonds is 18. The first-order valence-corrected chi connectivity index (χ1v) is 21.1. The molecule has 0 saturated carbocycles. The molecule has 0 aromatic heterocycles. The number of hydrogen-bond acceptors (Lipinski definition) is 11. The van der Waals surface area contributed by atoms with E-state index in [4.69, 9.17) is 55.3 Å². The molecule has 4 aliphatic heterocycles. The fraction of sp³-hybridized carbons (Fsp3) is 0.600. The molecule has 0 radical (unpaired) electrons. The molecular weight excluding hydrogens is 763 g/mol. The number of nitrogens with zero attached hydrogens (tertiary/aromatic N) is 4. The number of halogens is 1. The molecule has 2 aromatic carbocycles. The summed E-state index contributed by atoms with van der Waals surface area (Å²) in [7, 11) is -1.67. The largest absolute Gasteiger partial charge is 0.485 e. The van der Waals surface area contributed by atoms with Gasteiger partial charge in [-0.2, -0.15) is 5.26 Å². The molecule has 16 heteroatoms. The molecule has 1 unspecified atom stereocenters. The fourth-order valence-corrected chi connectivity index (χ4v) is 8.78. The molecule has 2 amide bonds. The van der Waals surface area contributed by atoms with E-state index in [2.05, 4.69) is 10.9 Å². The van der Waals surface area contributed by atoms with Gasteiger partial charge in [-0.25, -0.2) is 4.85 Å². The second kappa shape index (κ2) is 18.8. The maximum absolute atomic E-state index is 12.9. The average Bonchev–Trinajstić information content (AvgIpc) is 3.80. The van der Waals surface area contributed by atoms with Crippen molar-refractivity contribution in [2.75, 3.05) is 65.9 Å². The van der Waals surface area contributed by atoms with Crippen molar-refractivity contribution < 1.29 is 47.1 Å². The van der Waals surface area contributed by atoms with Crippen LogP contribution in [0, 0.1) is 17.9 Å². The first-order valence-electron chi connectivity index (χ1n) is 19.1. The minimum Gasteiger partial charge on any atom is -0.485 e. The van der Waals surface area contributed by atoms with Crippen LogP contribution in [-0.4, -0.2) is 111 Å². The van der Waals surface area contributed by atoms with Gasteiger partial charge in [0.15, 0.2) is 5.69 Å². The van der Waals surface area contributed by atoms with E-state index in [1.54, 1.807) is 36.4 Å². The fourth-order valence-electron chi connectivity index (χ4n) is 7.86. The second-order valence-electron chi connectivity index (χ2n) is 15.1. The summed E-state index contributed by atoms with van der Waals surface area (Å²) in [5.41, 5.74) is 1.07. The maximum Gasteiger partial charge on any atom is 0.276 e. The number of amides is 2. The lowest BCUT2D eigenvalue weighted by atomic mass is 9.84. The highest BCUT2D eigenvalue weighted by molar-refractivity contribution is 7.76. The number of fused-ring (bicyclic) bond motifs is 2. The normalized spacial score (nSPS) is 24.1. The van der Waals surface area contributed by atoms with Crippen molar-refractivity contribution in [2.24, 2.45) is 0 Å². The number of benzene rings is 2. The van der Waals surface area contributed by atoms with Gasteiger partial charge in [0.05, 0.1) is 83.1 Å². The van der Waals surface area contributed by atoms with Crippen LogP contribution in [0.15, 0.2) is 36.4 Å². The Kier molecular flexibility index (Phi) is 14.1. The summed E-state index contributed by atoms with van der Waals surface area (Å²) in [4.78, 5) is 33.0. The van der Waals surface area contributed by atoms with Crippen LogP contribution >= 0.6 is 19.0 Å². The summed E-state index contributed by atoms with van der Waals surface area (Å²) in [6.07, 6.45) is 1.57. The molecule has 4 aliphatic rings. The molecule has 0 N–H and O–H groups in total. The van der Waals surface area contributed by atoms with Gasteiger partial charge in [0.2, 0.25) is 11.8 Å². The molecule has 302 valence electrons. The summed E-state index contributed by atoms with van der Waals surface area (Å²) in [6.45, 7) is 18.6. The van der Waals surface area contributed by atoms with Crippen molar-refractivity contribution in [2.45, 2.75) is 88.9 Å². The second-order valence-corrected chi connectivity index (χ2v) is 16.8. The Morgan fingerprint density at radius 1 is 0.786 bits per heavy atom. The van der Waals surface area contributed by atoms with E-state index in [0.717, 1.165) is 24.0 Å². The van der Waals surface area contributed by atoms with E-state index in [-0.39, 0.29) is 76.8 Å². The standard InChI is InChI=1S/C40H50ClN4O10P/c1-39(2)37(35(44-14-6-8-33(44)46)29-24-27(26-42)10-12-31(29)54-39)50-20-16-48-18-22-52-56(41)53-23-19-49-17-21-51-38-36(45-15-7-9-34(45)47)30-25-28(43-5)11-13-32(30)55-40(38,3)4/h10-13,24-25,35-38H,6-9,14-23H2,1-4H3/t35-,36-,37+,38+,56?/m1/s1. The van der Waals surface area contributed by atoms with E-state index in [0.29, 0.717) is 48.7 Å². The highest BCUT2D eigenvalue weighted by Crippen LogP contribution is 2.48. The van der Waals surface area contributed by atoms with E-state index >= 15 is 0 Å². The minimum absolute atomic E-state index is 0.0631. The smallest absolute Gasteiger partial charge is 0.276 e. The lowest BCUT2D eigenvalue weighted by Crippen LogP contribution is -2.55. The Labute approximate surface area is 334 Å². The number of ether oxygens (including phenoxy) is 6. The third-order valence-electron chi connectivity index (χ3n) is 10.4. The highest BCUT2D eigenvalue weighted by atomic mass is 35.7. The Bertz CT molecular complexity index is 1670. The van der Waals surface area contributed by atoms with E-state index in [1.807, 2.05) is 37.5 Å². The van der Waals surface area contributed by atoms with Crippen LogP contribution in [0.5, 0.6) is 11.5 Å². The molecule has 0 spiro atoms. The summed E-state index contributed by atoms with van der Waals surface area (Å²) in [5, 5.41) is 9.52. The average molecular weight is 813 g/mol. The van der Waals surface area contributed by atoms with Crippen molar-refractivity contribution in [3.8, 4) is 17.6 Å². The van der Waals surface area contributed by atoms with E-state index in [9.17, 15) is 14.9 Å². The summed E-state index contributed by atoms with van der Waals surface area (Å²) < 4.78 is 48.0. The predicted octanol–water partition coefficient (Wildman–Crippen LogP) is 6.78. The predicted molar refractivity (Wildman–Crippen MR) is 206 cm³/mol. The van der Waals surface area contributed by atoms with Gasteiger partial charge in [-0.1, -0.05) is 6.07 Å². The minimum atomic E-state index is -1.67. The number of nitriles is 1. The van der Waals surface area contributed by atoms with E-state index < -0.39 is 31.1 Å². The molecule has 14 nitrogen and oxygen atoms in total. The molecule has 0 bridgehead atoms. The Balaban J connectivity index is 0.877. The lowest BCUT2D eigenvalue weighted by molar-refractivity contribution is -0.152. The van der Waals surface area contributed by atoms with Crippen LogP contribution in [0.2, 0.25) is 0 Å². The van der Waals surface area contributed by atoms with Crippen molar-refractivity contribution >= 4 is 36.5 Å². The van der Waals surface area contributed by atoms with E-state index in [1.165, 1.54) is 0 Å². The number of carbonyl (C=O) groups is 2. The van der Waals surface area contributed by atoms with Gasteiger partial charge < -0.3 is 47.3 Å². The molecule has 6 rings (SSSR count). The maximum atomic E-state index is 12.9. The molecule has 5 atom stereocenters. The van der Waals surface area contributed by atoms with Gasteiger partial charge in [-0.05, 0) is 82.1 Å². The van der Waals surface area contributed by atoms with Crippen LogP contribution in [0.25, 0.3) is 4.85 Å². The van der Waals surface area contributed by atoms with Crippen LogP contribution in [0.1, 0.15) is 82.2 Å². The zero-order valence-electron chi connectivity index (χ0n) is 32.4. The lowest BCUT2D eigenvalue weighted by Gasteiger charge is -2.47. The van der Waals surface area contributed by atoms with Gasteiger partial charge in [-0.3, -0.25) is 9.59 Å². The van der Waals surface area contributed by atoms with Crippen LogP contribution in [-0.2, 0) is 37.6 Å². The van der Waals surface area contributed by atoms with Gasteiger partial charge in [-0.15, -0.1) is 0 Å². The number of carbonyl (C=O) groups excluding carboxylic acids is 2. The van der Waals surface area contributed by atoms with Crippen molar-refractivity contribution in [1.29, 1.82) is 5.26 Å². The molecule has 0 aliphatic carbocycles. The Morgan fingerprint density at radius 3 is 1.73 bits per heavy atom. The zero-order chi connectivity index (χ0) is 39.9. The van der Waals surface area contributed by atoms with Crippen molar-refractivity contribution in [3.05, 3.63) is 64.5 Å². The SMILES string of the molecule is [C-]#[N+]c1ccc2c(c1)[C@@H](N1CCCC1=O)[C@H](OCCOCCOP(Cl)OCCOCCO[C@H]1[C@H](N3CCCC3=O)c3cc(C#N)ccc3OC1(C)C)C(C)(C)O2. The Morgan fingerprint density at radius 2 is 1.27 bits per heavy atom. The summed E-state index contributed by atoms with van der Waals surface area (Å²) in [5.74, 6) is 1.44. The molecule has 4 heterocycles. The molecular formula is C40H50ClN4O10P. The van der Waals surface area contributed by atoms with Crippen LogP contribution < -0.4 is 9.47 Å². The first-order chi connectivity index (χ1) is 26.9. The van der Waals surface area contributed by atoms with Gasteiger partial charge >= 0.3 is 0 Å². The zero-order valence-corrected chi connectivity index (χ0v) is 34.0. The van der Waals surface area contributed by atoms with Gasteiger partial charge in [0.1, 0.15) is 34.9 Å². The quantitative estimate of drug-likeness (QED) is 0.0893. The van der Waals surface area contributed by atoms with Crippen LogP contribution in [0.4, 0.5) is 5.69 Å². The highest BCUT2D eigenvalue weighted by Gasteiger charge is 2.50. The third-order valence-corrected chi connectivity index (χ3v) is 11.7.